The summed E-state index contributed by atoms with van der Waals surface area (Å²) in [6.07, 6.45) is 1.27. The van der Waals surface area contributed by atoms with Crippen LogP contribution in [0.4, 0.5) is 0 Å². The van der Waals surface area contributed by atoms with Crippen molar-refractivity contribution in [2.45, 2.75) is 25.7 Å². The molecule has 1 fully saturated rings. The van der Waals surface area contributed by atoms with Gasteiger partial charge in [-0.1, -0.05) is 44.2 Å². The van der Waals surface area contributed by atoms with Gasteiger partial charge in [0.2, 0.25) is 0 Å². The van der Waals surface area contributed by atoms with Crippen molar-refractivity contribution in [3.05, 3.63) is 35.9 Å². The second-order valence-electron chi connectivity index (χ2n) is 4.70. The Bertz CT molecular complexity index is 304. The predicted molar refractivity (Wildman–Crippen MR) is 60.1 cm³/mol. The summed E-state index contributed by atoms with van der Waals surface area (Å²) in [4.78, 5) is 0. The second-order valence-corrected chi connectivity index (χ2v) is 4.70. The third-order valence-electron chi connectivity index (χ3n) is 3.78. The summed E-state index contributed by atoms with van der Waals surface area (Å²) in [5, 5.41) is 0. The van der Waals surface area contributed by atoms with Crippen LogP contribution in [-0.4, -0.2) is 6.54 Å². The van der Waals surface area contributed by atoms with E-state index in [1.807, 2.05) is 0 Å². The first-order valence-electron chi connectivity index (χ1n) is 5.47. The standard InChI is InChI=1S/C13H19N/c1-10(2)13(8-12(13)9-14)11-6-4-3-5-7-11/h3-7,10,12H,8-9,14H2,1-2H3/t12-,13?/m0/s1. The van der Waals surface area contributed by atoms with E-state index in [0.29, 0.717) is 17.3 Å². The van der Waals surface area contributed by atoms with Crippen molar-refractivity contribution in [1.29, 1.82) is 0 Å². The van der Waals surface area contributed by atoms with Crippen LogP contribution in [0.25, 0.3) is 0 Å². The topological polar surface area (TPSA) is 26.0 Å². The summed E-state index contributed by atoms with van der Waals surface area (Å²) >= 11 is 0. The number of hydrogen-bond donors (Lipinski definition) is 1. The Balaban J connectivity index is 2.31. The fraction of sp³-hybridized carbons (Fsp3) is 0.538. The van der Waals surface area contributed by atoms with Gasteiger partial charge >= 0.3 is 0 Å². The zero-order chi connectivity index (χ0) is 10.2. The van der Waals surface area contributed by atoms with Crippen molar-refractivity contribution >= 4 is 0 Å². The lowest BCUT2D eigenvalue weighted by Crippen LogP contribution is -2.21. The Kier molecular flexibility index (Phi) is 2.36. The summed E-state index contributed by atoms with van der Waals surface area (Å²) in [5.41, 5.74) is 7.65. The van der Waals surface area contributed by atoms with Gasteiger partial charge in [0.15, 0.2) is 0 Å². The molecule has 1 saturated carbocycles. The third kappa shape index (κ3) is 1.27. The molecule has 2 N–H and O–H groups in total. The Labute approximate surface area is 86.3 Å². The average Bonchev–Trinajstić information content (AvgIpc) is 2.94. The summed E-state index contributed by atoms with van der Waals surface area (Å²) in [6, 6.07) is 10.8. The van der Waals surface area contributed by atoms with Crippen molar-refractivity contribution in [3.63, 3.8) is 0 Å². The summed E-state index contributed by atoms with van der Waals surface area (Å²) < 4.78 is 0. The highest BCUT2D eigenvalue weighted by molar-refractivity contribution is 5.34. The van der Waals surface area contributed by atoms with Gasteiger partial charge in [0.05, 0.1) is 0 Å². The molecule has 2 atom stereocenters. The molecule has 0 aliphatic heterocycles. The van der Waals surface area contributed by atoms with E-state index in [0.717, 1.165) is 6.54 Å². The van der Waals surface area contributed by atoms with Crippen LogP contribution < -0.4 is 5.73 Å². The number of hydrogen-bond acceptors (Lipinski definition) is 1. The molecule has 0 radical (unpaired) electrons. The van der Waals surface area contributed by atoms with Crippen LogP contribution in [0.5, 0.6) is 0 Å². The summed E-state index contributed by atoms with van der Waals surface area (Å²) in [5.74, 6) is 1.39. The molecule has 1 aromatic carbocycles. The van der Waals surface area contributed by atoms with E-state index in [-0.39, 0.29) is 0 Å². The van der Waals surface area contributed by atoms with Gasteiger partial charge in [-0.05, 0) is 30.4 Å². The van der Waals surface area contributed by atoms with Crippen LogP contribution in [0.1, 0.15) is 25.8 Å². The van der Waals surface area contributed by atoms with Crippen LogP contribution in [0.15, 0.2) is 30.3 Å². The third-order valence-corrected chi connectivity index (χ3v) is 3.78. The molecule has 2 rings (SSSR count). The minimum Gasteiger partial charge on any atom is -0.330 e. The van der Waals surface area contributed by atoms with E-state index < -0.39 is 0 Å². The Morgan fingerprint density at radius 2 is 2.00 bits per heavy atom. The molecule has 14 heavy (non-hydrogen) atoms. The van der Waals surface area contributed by atoms with Crippen molar-refractivity contribution < 1.29 is 0 Å². The predicted octanol–water partition coefficient (Wildman–Crippen LogP) is 2.56. The first-order chi connectivity index (χ1) is 6.71. The molecule has 1 aliphatic carbocycles. The Hall–Kier alpha value is -0.820. The quantitative estimate of drug-likeness (QED) is 0.777. The van der Waals surface area contributed by atoms with E-state index in [1.165, 1.54) is 12.0 Å². The fourth-order valence-electron chi connectivity index (χ4n) is 2.78. The fourth-order valence-corrected chi connectivity index (χ4v) is 2.78. The Morgan fingerprint density at radius 3 is 2.43 bits per heavy atom. The van der Waals surface area contributed by atoms with E-state index in [9.17, 15) is 0 Å². The van der Waals surface area contributed by atoms with Crippen molar-refractivity contribution in [2.75, 3.05) is 6.54 Å². The highest BCUT2D eigenvalue weighted by Crippen LogP contribution is 2.58. The monoisotopic (exact) mass is 189 g/mol. The number of nitrogens with two attached hydrogens (primary N) is 1. The number of rotatable bonds is 3. The van der Waals surface area contributed by atoms with Gasteiger partial charge in [0.25, 0.3) is 0 Å². The van der Waals surface area contributed by atoms with E-state index in [4.69, 9.17) is 5.73 Å². The SMILES string of the molecule is CC(C)C1(c2ccccc2)C[C@H]1CN. The maximum Gasteiger partial charge on any atom is 0.00199 e. The molecule has 1 heteroatoms. The van der Waals surface area contributed by atoms with Gasteiger partial charge in [-0.3, -0.25) is 0 Å². The average molecular weight is 189 g/mol. The highest BCUT2D eigenvalue weighted by Gasteiger charge is 2.55. The normalized spacial score (nSPS) is 30.7. The Morgan fingerprint density at radius 1 is 1.36 bits per heavy atom. The van der Waals surface area contributed by atoms with E-state index >= 15 is 0 Å². The van der Waals surface area contributed by atoms with E-state index in [1.54, 1.807) is 0 Å². The molecule has 0 heterocycles. The summed E-state index contributed by atoms with van der Waals surface area (Å²) in [7, 11) is 0. The molecule has 76 valence electrons. The van der Waals surface area contributed by atoms with Crippen LogP contribution in [-0.2, 0) is 5.41 Å². The first kappa shape index (κ1) is 9.72. The maximum atomic E-state index is 5.78. The van der Waals surface area contributed by atoms with Crippen LogP contribution in [0.2, 0.25) is 0 Å². The molecular formula is C13H19N. The molecule has 1 nitrogen and oxygen atoms in total. The van der Waals surface area contributed by atoms with Crippen molar-refractivity contribution in [2.24, 2.45) is 17.6 Å². The second kappa shape index (κ2) is 3.39. The van der Waals surface area contributed by atoms with Crippen LogP contribution in [0, 0.1) is 11.8 Å². The minimum atomic E-state index is 0.385. The van der Waals surface area contributed by atoms with Crippen LogP contribution >= 0.6 is 0 Å². The molecule has 0 aromatic heterocycles. The van der Waals surface area contributed by atoms with Crippen LogP contribution in [0.3, 0.4) is 0 Å². The van der Waals surface area contributed by atoms with Gasteiger partial charge in [-0.25, -0.2) is 0 Å². The highest BCUT2D eigenvalue weighted by atomic mass is 14.7. The number of benzene rings is 1. The smallest absolute Gasteiger partial charge is 0.00199 e. The van der Waals surface area contributed by atoms with Gasteiger partial charge in [0.1, 0.15) is 0 Å². The van der Waals surface area contributed by atoms with Gasteiger partial charge in [-0.2, -0.15) is 0 Å². The lowest BCUT2D eigenvalue weighted by molar-refractivity contribution is 0.442. The largest absolute Gasteiger partial charge is 0.330 e. The minimum absolute atomic E-state index is 0.385. The molecular weight excluding hydrogens is 170 g/mol. The molecule has 0 saturated heterocycles. The zero-order valence-electron chi connectivity index (χ0n) is 9.03. The lowest BCUT2D eigenvalue weighted by Gasteiger charge is -2.22. The lowest BCUT2D eigenvalue weighted by atomic mass is 9.83. The van der Waals surface area contributed by atoms with Crippen molar-refractivity contribution in [1.82, 2.24) is 0 Å². The maximum absolute atomic E-state index is 5.78. The van der Waals surface area contributed by atoms with Gasteiger partial charge in [0, 0.05) is 5.41 Å². The van der Waals surface area contributed by atoms with Crippen molar-refractivity contribution in [3.8, 4) is 0 Å². The zero-order valence-corrected chi connectivity index (χ0v) is 9.03. The van der Waals surface area contributed by atoms with Gasteiger partial charge in [-0.15, -0.1) is 0 Å². The first-order valence-corrected chi connectivity index (χ1v) is 5.47. The molecule has 0 amide bonds. The molecule has 0 spiro atoms. The molecule has 1 aliphatic rings. The molecule has 0 bridgehead atoms. The molecule has 1 aromatic rings. The van der Waals surface area contributed by atoms with Gasteiger partial charge < -0.3 is 5.73 Å². The van der Waals surface area contributed by atoms with E-state index in [2.05, 4.69) is 44.2 Å². The molecule has 1 unspecified atom stereocenters. The summed E-state index contributed by atoms with van der Waals surface area (Å²) in [6.45, 7) is 5.44.